The van der Waals surface area contributed by atoms with Gasteiger partial charge in [0.2, 0.25) is 0 Å². The zero-order valence-electron chi connectivity index (χ0n) is 10.7. The monoisotopic (exact) mass is 314 g/mol. The minimum absolute atomic E-state index is 1.28. The third-order valence-corrected chi connectivity index (χ3v) is 4.27. The Bertz CT molecular complexity index is 517. The summed E-state index contributed by atoms with van der Waals surface area (Å²) in [5, 5.41) is 36.3. The van der Waals surface area contributed by atoms with E-state index in [1.165, 1.54) is 0 Å². The summed E-state index contributed by atoms with van der Waals surface area (Å²) in [6, 6.07) is 0. The van der Waals surface area contributed by atoms with Gasteiger partial charge in [-0.1, -0.05) is 0 Å². The molecule has 22 heavy (non-hydrogen) atoms. The molecule has 0 aromatic heterocycles. The molecule has 118 valence electrons. The van der Waals surface area contributed by atoms with Gasteiger partial charge in [0.1, 0.15) is 23.7 Å². The van der Waals surface area contributed by atoms with Gasteiger partial charge in [0, 0.05) is 11.8 Å². The molecule has 2 aliphatic rings. The number of ketones is 2. The van der Waals surface area contributed by atoms with Crippen molar-refractivity contribution >= 4 is 35.4 Å². The maximum Gasteiger partial charge on any atom is 0.314 e. The molecule has 0 amide bonds. The highest BCUT2D eigenvalue weighted by atomic mass is 16.4. The predicted octanol–water partition coefficient (Wildman–Crippen LogP) is -1.81. The fourth-order valence-corrected chi connectivity index (χ4v) is 3.56. The van der Waals surface area contributed by atoms with Crippen LogP contribution in [0.15, 0.2) is 0 Å². The molecule has 10 heteroatoms. The molecule has 2 rings (SSSR count). The molecule has 10 nitrogen and oxygen atoms in total. The second-order valence-corrected chi connectivity index (χ2v) is 5.22. The summed E-state index contributed by atoms with van der Waals surface area (Å²) in [7, 11) is 0. The van der Waals surface area contributed by atoms with Crippen LogP contribution in [-0.2, 0) is 28.8 Å². The van der Waals surface area contributed by atoms with E-state index in [0.29, 0.717) is 0 Å². The highest BCUT2D eigenvalue weighted by Crippen LogP contribution is 2.53. The van der Waals surface area contributed by atoms with E-state index in [9.17, 15) is 28.8 Å². The molecule has 4 unspecified atom stereocenters. The Morgan fingerprint density at radius 2 is 0.727 bits per heavy atom. The average molecular weight is 314 g/mol. The Hall–Kier alpha value is -2.78. The second kappa shape index (κ2) is 4.90. The van der Waals surface area contributed by atoms with Crippen molar-refractivity contribution in [2.24, 2.45) is 35.5 Å². The number of rotatable bonds is 4. The quantitative estimate of drug-likeness (QED) is 0.431. The van der Waals surface area contributed by atoms with Crippen molar-refractivity contribution in [1.29, 1.82) is 0 Å². The first-order valence-corrected chi connectivity index (χ1v) is 6.10. The number of fused-ring (bicyclic) bond motifs is 1. The molecule has 0 bridgehead atoms. The van der Waals surface area contributed by atoms with Crippen LogP contribution in [0.1, 0.15) is 0 Å². The van der Waals surface area contributed by atoms with Gasteiger partial charge in [0.15, 0.2) is 11.6 Å². The van der Waals surface area contributed by atoms with Crippen LogP contribution in [0.25, 0.3) is 0 Å². The summed E-state index contributed by atoms with van der Waals surface area (Å²) in [6.45, 7) is 0. The molecule has 0 aromatic carbocycles. The minimum Gasteiger partial charge on any atom is -0.481 e. The first-order valence-electron chi connectivity index (χ1n) is 6.10. The van der Waals surface area contributed by atoms with Gasteiger partial charge in [-0.05, 0) is 0 Å². The summed E-state index contributed by atoms with van der Waals surface area (Å²) >= 11 is 0. The number of carbonyl (C=O) groups excluding carboxylic acids is 2. The Morgan fingerprint density at radius 1 is 0.545 bits per heavy atom. The summed E-state index contributed by atoms with van der Waals surface area (Å²) in [6.07, 6.45) is 0. The molecule has 0 heterocycles. The molecule has 0 aliphatic heterocycles. The largest absolute Gasteiger partial charge is 0.481 e. The van der Waals surface area contributed by atoms with Crippen molar-refractivity contribution in [3.05, 3.63) is 0 Å². The van der Waals surface area contributed by atoms with Crippen molar-refractivity contribution in [1.82, 2.24) is 0 Å². The van der Waals surface area contributed by atoms with Gasteiger partial charge in [0.05, 0.1) is 0 Å². The van der Waals surface area contributed by atoms with E-state index in [4.69, 9.17) is 20.4 Å². The molecule has 0 spiro atoms. The molecular weight excluding hydrogens is 304 g/mol. The molecule has 2 fully saturated rings. The highest BCUT2D eigenvalue weighted by Gasteiger charge is 2.70. The lowest BCUT2D eigenvalue weighted by molar-refractivity contribution is -0.152. The van der Waals surface area contributed by atoms with E-state index < -0.39 is 71.0 Å². The van der Waals surface area contributed by atoms with Gasteiger partial charge < -0.3 is 20.4 Å². The number of aliphatic carboxylic acids is 4. The van der Waals surface area contributed by atoms with Crippen molar-refractivity contribution < 1.29 is 49.2 Å². The van der Waals surface area contributed by atoms with E-state index in [1.54, 1.807) is 0 Å². The Kier molecular flexibility index (Phi) is 3.47. The summed E-state index contributed by atoms with van der Waals surface area (Å²) < 4.78 is 0. The standard InChI is InChI=1S/C12H10O10/c13-7-3(9(15)16)1-2(5(7)11(19)20)6(12(21)22)8(14)4(1)10(17)18/h1-6H,(H,15,16)(H,17,18)(H,19,20)(H,21,22). The normalized spacial score (nSPS) is 36.9. The van der Waals surface area contributed by atoms with Crippen LogP contribution in [0, 0.1) is 35.5 Å². The van der Waals surface area contributed by atoms with Crippen molar-refractivity contribution in [3.8, 4) is 0 Å². The van der Waals surface area contributed by atoms with Crippen LogP contribution >= 0.6 is 0 Å². The van der Waals surface area contributed by atoms with Crippen LogP contribution in [0.3, 0.4) is 0 Å². The summed E-state index contributed by atoms with van der Waals surface area (Å²) in [5.74, 6) is -21.1. The maximum absolute atomic E-state index is 12.0. The fraction of sp³-hybridized carbons (Fsp3) is 0.500. The van der Waals surface area contributed by atoms with Crippen LogP contribution < -0.4 is 0 Å². The SMILES string of the molecule is O=C(O)C1C(=O)C(C(=O)O)C2C(C(=O)O)C(=O)C(C(=O)O)C12. The molecule has 0 radical (unpaired) electrons. The van der Waals surface area contributed by atoms with Crippen LogP contribution in [0.4, 0.5) is 0 Å². The number of hydrogen-bond donors (Lipinski definition) is 4. The van der Waals surface area contributed by atoms with Crippen LogP contribution in [-0.4, -0.2) is 55.9 Å². The topological polar surface area (TPSA) is 183 Å². The van der Waals surface area contributed by atoms with Gasteiger partial charge in [-0.2, -0.15) is 0 Å². The van der Waals surface area contributed by atoms with E-state index in [-0.39, 0.29) is 0 Å². The fourth-order valence-electron chi connectivity index (χ4n) is 3.56. The molecule has 0 saturated heterocycles. The van der Waals surface area contributed by atoms with Crippen molar-refractivity contribution in [2.75, 3.05) is 0 Å². The van der Waals surface area contributed by atoms with E-state index >= 15 is 0 Å². The Labute approximate surface area is 121 Å². The zero-order valence-corrected chi connectivity index (χ0v) is 10.7. The number of carboxylic acids is 4. The lowest BCUT2D eigenvalue weighted by atomic mass is 9.82. The third-order valence-electron chi connectivity index (χ3n) is 4.27. The molecule has 2 saturated carbocycles. The van der Waals surface area contributed by atoms with E-state index in [0.717, 1.165) is 0 Å². The molecule has 2 aliphatic carbocycles. The molecule has 0 aromatic rings. The maximum atomic E-state index is 12.0. The van der Waals surface area contributed by atoms with Gasteiger partial charge in [-0.25, -0.2) is 0 Å². The van der Waals surface area contributed by atoms with Gasteiger partial charge in [-0.3, -0.25) is 28.8 Å². The number of Topliss-reactive ketones (excluding diaryl/α,β-unsaturated/α-hetero) is 2. The molecule has 4 atom stereocenters. The van der Waals surface area contributed by atoms with Crippen LogP contribution in [0.2, 0.25) is 0 Å². The Balaban J connectivity index is 2.66. The molecular formula is C12H10O10. The first-order chi connectivity index (χ1) is 10.1. The highest BCUT2D eigenvalue weighted by molar-refractivity contribution is 6.17. The second-order valence-electron chi connectivity index (χ2n) is 5.22. The lowest BCUT2D eigenvalue weighted by Crippen LogP contribution is -2.38. The summed E-state index contributed by atoms with van der Waals surface area (Å²) in [5.41, 5.74) is 0. The number of hydrogen-bond acceptors (Lipinski definition) is 6. The van der Waals surface area contributed by atoms with E-state index in [1.807, 2.05) is 0 Å². The van der Waals surface area contributed by atoms with Crippen LogP contribution in [0.5, 0.6) is 0 Å². The zero-order chi connectivity index (χ0) is 16.9. The molecule has 4 N–H and O–H groups in total. The Morgan fingerprint density at radius 3 is 0.864 bits per heavy atom. The van der Waals surface area contributed by atoms with Gasteiger partial charge >= 0.3 is 23.9 Å². The summed E-state index contributed by atoms with van der Waals surface area (Å²) in [4.78, 5) is 68.8. The number of carbonyl (C=O) groups is 6. The average Bonchev–Trinajstić information content (AvgIpc) is 2.76. The van der Waals surface area contributed by atoms with Gasteiger partial charge in [0.25, 0.3) is 0 Å². The lowest BCUT2D eigenvalue weighted by Gasteiger charge is -2.18. The minimum atomic E-state index is -2.03. The van der Waals surface area contributed by atoms with E-state index in [2.05, 4.69) is 0 Å². The smallest absolute Gasteiger partial charge is 0.314 e. The van der Waals surface area contributed by atoms with Crippen molar-refractivity contribution in [3.63, 3.8) is 0 Å². The predicted molar refractivity (Wildman–Crippen MR) is 61.5 cm³/mol. The first kappa shape index (κ1) is 15.6. The van der Waals surface area contributed by atoms with Gasteiger partial charge in [-0.15, -0.1) is 0 Å². The number of carboxylic acid groups (broad SMARTS) is 4. The van der Waals surface area contributed by atoms with Crippen molar-refractivity contribution in [2.45, 2.75) is 0 Å². The third kappa shape index (κ3) is 1.87.